The van der Waals surface area contributed by atoms with Gasteiger partial charge < -0.3 is 19.3 Å². The van der Waals surface area contributed by atoms with Gasteiger partial charge in [0.2, 0.25) is 5.91 Å². The fraction of sp³-hybridized carbons (Fsp3) is 0.652. The maximum absolute atomic E-state index is 12.9. The first-order valence-electron chi connectivity index (χ1n) is 11.1. The van der Waals surface area contributed by atoms with Crippen LogP contribution in [0.1, 0.15) is 54.4 Å². The third-order valence-corrected chi connectivity index (χ3v) is 6.80. The van der Waals surface area contributed by atoms with Crippen LogP contribution < -0.4 is 4.74 Å². The van der Waals surface area contributed by atoms with Gasteiger partial charge in [0, 0.05) is 31.6 Å². The number of esters is 1. The van der Waals surface area contributed by atoms with Gasteiger partial charge >= 0.3 is 5.97 Å². The van der Waals surface area contributed by atoms with Crippen molar-refractivity contribution >= 4 is 24.3 Å². The van der Waals surface area contributed by atoms with Crippen molar-refractivity contribution < 1.29 is 23.5 Å². The topological polar surface area (TPSA) is 59.1 Å². The Balaban J connectivity index is 0.00000272. The lowest BCUT2D eigenvalue weighted by molar-refractivity contribution is -0.137. The van der Waals surface area contributed by atoms with E-state index in [0.29, 0.717) is 37.0 Å². The lowest BCUT2D eigenvalue weighted by Gasteiger charge is -2.37. The fourth-order valence-corrected chi connectivity index (χ4v) is 5.05. The summed E-state index contributed by atoms with van der Waals surface area (Å²) in [7, 11) is 1.90. The van der Waals surface area contributed by atoms with E-state index in [9.17, 15) is 14.0 Å². The molecular weight excluding hydrogens is 423 g/mol. The van der Waals surface area contributed by atoms with Gasteiger partial charge in [0.15, 0.2) is 0 Å². The SMILES string of the molecule is CN(CCN1CCCC1)C(=O)C1CCC2(CC1)OC(=O)c1cc(OCCF)ccc12.Cl. The third kappa shape index (κ3) is 4.98. The molecule has 0 unspecified atom stereocenters. The van der Waals surface area contributed by atoms with Crippen molar-refractivity contribution in [2.24, 2.45) is 5.92 Å². The predicted molar refractivity (Wildman–Crippen MR) is 118 cm³/mol. The van der Waals surface area contributed by atoms with Gasteiger partial charge in [0.1, 0.15) is 24.6 Å². The lowest BCUT2D eigenvalue weighted by atomic mass is 9.74. The van der Waals surface area contributed by atoms with Crippen LogP contribution in [0.25, 0.3) is 0 Å². The molecule has 0 bridgehead atoms. The summed E-state index contributed by atoms with van der Waals surface area (Å²) in [5.41, 5.74) is 0.725. The molecule has 1 amide bonds. The molecule has 2 heterocycles. The highest BCUT2D eigenvalue weighted by Crippen LogP contribution is 2.49. The monoisotopic (exact) mass is 454 g/mol. The Bertz CT molecular complexity index is 792. The molecule has 6 nitrogen and oxygen atoms in total. The van der Waals surface area contributed by atoms with Gasteiger partial charge in [0.25, 0.3) is 0 Å². The van der Waals surface area contributed by atoms with Crippen LogP contribution in [0.15, 0.2) is 18.2 Å². The molecule has 1 aromatic rings. The number of likely N-dealkylation sites (N-methyl/N-ethyl adjacent to an activating group) is 1. The summed E-state index contributed by atoms with van der Waals surface area (Å²) in [4.78, 5) is 29.7. The van der Waals surface area contributed by atoms with Crippen molar-refractivity contribution in [1.29, 1.82) is 0 Å². The number of rotatable bonds is 7. The molecule has 1 saturated heterocycles. The van der Waals surface area contributed by atoms with Gasteiger partial charge in [-0.15, -0.1) is 12.4 Å². The van der Waals surface area contributed by atoms with E-state index in [1.807, 2.05) is 18.0 Å². The van der Waals surface area contributed by atoms with Gasteiger partial charge in [-0.05, 0) is 63.7 Å². The Kier molecular flexibility index (Phi) is 7.81. The van der Waals surface area contributed by atoms with Crippen LogP contribution >= 0.6 is 12.4 Å². The highest BCUT2D eigenvalue weighted by atomic mass is 35.5. The molecular formula is C23H32ClFN2O4. The van der Waals surface area contributed by atoms with E-state index < -0.39 is 12.3 Å². The second kappa shape index (κ2) is 10.2. The van der Waals surface area contributed by atoms with Crippen LogP contribution in [-0.2, 0) is 15.1 Å². The second-order valence-corrected chi connectivity index (χ2v) is 8.71. The number of alkyl halides is 1. The number of hydrogen-bond acceptors (Lipinski definition) is 5. The average Bonchev–Trinajstić information content (AvgIpc) is 3.37. The van der Waals surface area contributed by atoms with Crippen molar-refractivity contribution in [2.75, 3.05) is 46.5 Å². The zero-order valence-electron chi connectivity index (χ0n) is 18.1. The van der Waals surface area contributed by atoms with Crippen LogP contribution in [0.2, 0.25) is 0 Å². The van der Waals surface area contributed by atoms with E-state index in [1.54, 1.807) is 12.1 Å². The van der Waals surface area contributed by atoms with Gasteiger partial charge in [-0.3, -0.25) is 4.79 Å². The van der Waals surface area contributed by atoms with Crippen molar-refractivity contribution in [3.05, 3.63) is 29.3 Å². The fourth-order valence-electron chi connectivity index (χ4n) is 5.05. The molecule has 2 fully saturated rings. The third-order valence-electron chi connectivity index (χ3n) is 6.80. The summed E-state index contributed by atoms with van der Waals surface area (Å²) in [5, 5.41) is 0. The van der Waals surface area contributed by atoms with E-state index in [4.69, 9.17) is 9.47 Å². The molecule has 31 heavy (non-hydrogen) atoms. The molecule has 8 heteroatoms. The second-order valence-electron chi connectivity index (χ2n) is 8.71. The van der Waals surface area contributed by atoms with Gasteiger partial charge in [-0.1, -0.05) is 6.07 Å². The highest BCUT2D eigenvalue weighted by Gasteiger charge is 2.48. The maximum atomic E-state index is 12.9. The molecule has 4 rings (SSSR count). The van der Waals surface area contributed by atoms with E-state index >= 15 is 0 Å². The number of nitrogens with zero attached hydrogens (tertiary/aromatic N) is 2. The van der Waals surface area contributed by atoms with Crippen LogP contribution in [0.4, 0.5) is 4.39 Å². The Hall–Kier alpha value is -1.86. The van der Waals surface area contributed by atoms with Crippen molar-refractivity contribution in [2.45, 2.75) is 44.1 Å². The molecule has 0 atom stereocenters. The number of benzene rings is 1. The number of fused-ring (bicyclic) bond motifs is 2. The Morgan fingerprint density at radius 1 is 1.29 bits per heavy atom. The van der Waals surface area contributed by atoms with Crippen molar-refractivity contribution in [1.82, 2.24) is 9.80 Å². The molecule has 1 spiro atoms. The maximum Gasteiger partial charge on any atom is 0.339 e. The summed E-state index contributed by atoms with van der Waals surface area (Å²) >= 11 is 0. The first kappa shape index (κ1) is 23.8. The van der Waals surface area contributed by atoms with E-state index in [1.165, 1.54) is 12.8 Å². The zero-order valence-corrected chi connectivity index (χ0v) is 18.9. The Morgan fingerprint density at radius 3 is 2.68 bits per heavy atom. The molecule has 0 radical (unpaired) electrons. The van der Waals surface area contributed by atoms with Gasteiger partial charge in [0.05, 0.1) is 5.56 Å². The normalized spacial score (nSPS) is 25.1. The summed E-state index contributed by atoms with van der Waals surface area (Å²) in [5.74, 6) is 0.296. The Morgan fingerprint density at radius 2 is 2.00 bits per heavy atom. The number of halogens is 2. The summed E-state index contributed by atoms with van der Waals surface area (Å²) < 4.78 is 23.5. The van der Waals surface area contributed by atoms with Crippen LogP contribution in [-0.4, -0.2) is 68.2 Å². The number of likely N-dealkylation sites (tertiary alicyclic amines) is 1. The minimum atomic E-state index is -0.643. The number of carbonyl (C=O) groups is 2. The van der Waals surface area contributed by atoms with Crippen LogP contribution in [0.5, 0.6) is 5.75 Å². The summed E-state index contributed by atoms with van der Waals surface area (Å²) in [6, 6.07) is 5.27. The van der Waals surface area contributed by atoms with Crippen molar-refractivity contribution in [3.63, 3.8) is 0 Å². The molecule has 2 aliphatic heterocycles. The molecule has 0 aromatic heterocycles. The first-order valence-corrected chi connectivity index (χ1v) is 11.1. The molecule has 0 N–H and O–H groups in total. The minimum Gasteiger partial charge on any atom is -0.491 e. The van der Waals surface area contributed by atoms with E-state index in [0.717, 1.165) is 31.7 Å². The molecule has 1 saturated carbocycles. The largest absolute Gasteiger partial charge is 0.491 e. The molecule has 172 valence electrons. The van der Waals surface area contributed by atoms with Crippen LogP contribution in [0, 0.1) is 5.92 Å². The standard InChI is InChI=1S/C23H31FN2O4.ClH/c1-25(13-14-26-11-2-3-12-26)21(27)17-6-8-23(9-7-17)20-5-4-18(29-15-10-24)16-19(20)22(28)30-23;/h4-5,16-17H,2-3,6-15H2,1H3;1H. The molecule has 1 aromatic carbocycles. The van der Waals surface area contributed by atoms with Gasteiger partial charge in [-0.2, -0.15) is 0 Å². The first-order chi connectivity index (χ1) is 14.5. The smallest absolute Gasteiger partial charge is 0.339 e. The highest BCUT2D eigenvalue weighted by molar-refractivity contribution is 5.95. The van der Waals surface area contributed by atoms with E-state index in [-0.39, 0.29) is 36.8 Å². The Labute approximate surface area is 189 Å². The van der Waals surface area contributed by atoms with Gasteiger partial charge in [-0.25, -0.2) is 9.18 Å². The van der Waals surface area contributed by atoms with Crippen LogP contribution in [0.3, 0.4) is 0 Å². The quantitative estimate of drug-likeness (QED) is 0.589. The van der Waals surface area contributed by atoms with E-state index in [2.05, 4.69) is 4.90 Å². The summed E-state index contributed by atoms with van der Waals surface area (Å²) in [6.45, 7) is 3.37. The number of amides is 1. The zero-order chi connectivity index (χ0) is 21.1. The number of hydrogen-bond donors (Lipinski definition) is 0. The summed E-state index contributed by atoms with van der Waals surface area (Å²) in [6.07, 6.45) is 5.22. The molecule has 3 aliphatic rings. The number of carbonyl (C=O) groups excluding carboxylic acids is 2. The predicted octanol–water partition coefficient (Wildman–Crippen LogP) is 3.57. The molecule has 1 aliphatic carbocycles. The van der Waals surface area contributed by atoms with Crippen molar-refractivity contribution in [3.8, 4) is 5.75 Å². The minimum absolute atomic E-state index is 0. The lowest BCUT2D eigenvalue weighted by Crippen LogP contribution is -2.41. The average molecular weight is 455 g/mol. The number of ether oxygens (including phenoxy) is 2.